The number of halogens is 1. The van der Waals surface area contributed by atoms with Gasteiger partial charge in [-0.15, -0.1) is 21.5 Å². The van der Waals surface area contributed by atoms with Crippen molar-refractivity contribution < 1.29 is 4.74 Å². The summed E-state index contributed by atoms with van der Waals surface area (Å²) in [6, 6.07) is 4.13. The van der Waals surface area contributed by atoms with Gasteiger partial charge in [0.1, 0.15) is 0 Å². The molecule has 8 heteroatoms. The van der Waals surface area contributed by atoms with E-state index < -0.39 is 0 Å². The molecule has 0 aliphatic rings. The molecule has 0 atom stereocenters. The molecule has 0 saturated carbocycles. The predicted molar refractivity (Wildman–Crippen MR) is 77.3 cm³/mol. The van der Waals surface area contributed by atoms with Crippen LogP contribution in [0.25, 0.3) is 0 Å². The number of nitrogens with two attached hydrogens (primary N) is 1. The summed E-state index contributed by atoms with van der Waals surface area (Å²) < 4.78 is 7.66. The van der Waals surface area contributed by atoms with Gasteiger partial charge in [-0.3, -0.25) is 0 Å². The van der Waals surface area contributed by atoms with Crippen molar-refractivity contribution in [2.75, 3.05) is 19.6 Å². The van der Waals surface area contributed by atoms with E-state index in [1.165, 1.54) is 9.55 Å². The van der Waals surface area contributed by atoms with Gasteiger partial charge in [0.25, 0.3) is 0 Å². The summed E-state index contributed by atoms with van der Waals surface area (Å²) in [6.07, 6.45) is 0.672. The van der Waals surface area contributed by atoms with Gasteiger partial charge in [-0.05, 0) is 28.1 Å². The Kier molecular flexibility index (Phi) is 5.04. The third kappa shape index (κ3) is 3.47. The van der Waals surface area contributed by atoms with E-state index in [1.54, 1.807) is 30.2 Å². The van der Waals surface area contributed by atoms with Crippen LogP contribution in [0, 0.1) is 0 Å². The third-order valence-electron chi connectivity index (χ3n) is 2.24. The number of rotatable bonds is 6. The topological polar surface area (TPSA) is 66.0 Å². The van der Waals surface area contributed by atoms with Crippen molar-refractivity contribution in [2.24, 2.45) is 0 Å². The van der Waals surface area contributed by atoms with Gasteiger partial charge in [0.2, 0.25) is 5.16 Å². The molecule has 2 rings (SSSR count). The number of hydrogen-bond donors (Lipinski definition) is 1. The lowest BCUT2D eigenvalue weighted by Gasteiger charge is -2.02. The summed E-state index contributed by atoms with van der Waals surface area (Å²) in [7, 11) is 1.65. The molecule has 2 aromatic heterocycles. The van der Waals surface area contributed by atoms with Gasteiger partial charge in [-0.2, -0.15) is 0 Å². The summed E-state index contributed by atoms with van der Waals surface area (Å²) >= 11 is 6.73. The van der Waals surface area contributed by atoms with Crippen molar-refractivity contribution >= 4 is 39.0 Å². The fourth-order valence-corrected chi connectivity index (χ4v) is 3.74. The molecule has 0 unspecified atom stereocenters. The lowest BCUT2D eigenvalue weighted by Crippen LogP contribution is -2.15. The Morgan fingerprint density at radius 2 is 2.33 bits per heavy atom. The first-order valence-electron chi connectivity index (χ1n) is 5.26. The molecule has 2 aromatic rings. The van der Waals surface area contributed by atoms with E-state index >= 15 is 0 Å². The summed E-state index contributed by atoms with van der Waals surface area (Å²) in [5, 5.41) is 8.86. The molecule has 0 aliphatic carbocycles. The minimum absolute atomic E-state index is 0.595. The Morgan fingerprint density at radius 3 is 3.00 bits per heavy atom. The lowest BCUT2D eigenvalue weighted by molar-refractivity contribution is 0.200. The fraction of sp³-hybridized carbons (Fsp3) is 0.400. The molecule has 2 heterocycles. The van der Waals surface area contributed by atoms with Crippen LogP contribution in [-0.2, 0) is 16.9 Å². The highest BCUT2D eigenvalue weighted by atomic mass is 79.9. The minimum Gasteiger partial charge on any atom is -0.384 e. The largest absolute Gasteiger partial charge is 0.384 e. The number of ether oxygens (including phenoxy) is 1. The van der Waals surface area contributed by atoms with Crippen LogP contribution in [0.4, 0.5) is 0 Å². The van der Waals surface area contributed by atoms with E-state index in [-0.39, 0.29) is 0 Å². The summed E-state index contributed by atoms with van der Waals surface area (Å²) in [4.78, 5) is 1.27. The number of thioether (sulfide) groups is 1. The van der Waals surface area contributed by atoms with Crippen molar-refractivity contribution in [2.45, 2.75) is 17.3 Å². The van der Waals surface area contributed by atoms with Crippen LogP contribution in [0.3, 0.4) is 0 Å². The molecule has 0 amide bonds. The normalized spacial score (nSPS) is 11.0. The molecular formula is C10H13BrN4OS2. The lowest BCUT2D eigenvalue weighted by atomic mass is 10.4. The van der Waals surface area contributed by atoms with Gasteiger partial charge in [-0.25, -0.2) is 4.68 Å². The smallest absolute Gasteiger partial charge is 0.210 e. The van der Waals surface area contributed by atoms with E-state index in [2.05, 4.69) is 32.2 Å². The van der Waals surface area contributed by atoms with Gasteiger partial charge < -0.3 is 10.6 Å². The average molecular weight is 349 g/mol. The summed E-state index contributed by atoms with van der Waals surface area (Å²) in [5.74, 6) is 7.51. The van der Waals surface area contributed by atoms with Crippen molar-refractivity contribution in [3.05, 3.63) is 26.6 Å². The van der Waals surface area contributed by atoms with Gasteiger partial charge in [0.05, 0.1) is 10.4 Å². The van der Waals surface area contributed by atoms with Gasteiger partial charge in [0, 0.05) is 24.2 Å². The maximum atomic E-state index is 5.92. The summed E-state index contributed by atoms with van der Waals surface area (Å²) in [6.45, 7) is 0.595. The van der Waals surface area contributed by atoms with E-state index in [0.29, 0.717) is 13.0 Å². The Hall–Kier alpha value is -0.570. The van der Waals surface area contributed by atoms with Gasteiger partial charge in [0.15, 0.2) is 5.82 Å². The highest BCUT2D eigenvalue weighted by Gasteiger charge is 2.10. The molecule has 0 saturated heterocycles. The maximum Gasteiger partial charge on any atom is 0.210 e. The Bertz CT molecular complexity index is 514. The molecule has 0 aliphatic heterocycles. The van der Waals surface area contributed by atoms with Crippen LogP contribution in [0.1, 0.15) is 10.7 Å². The zero-order valence-corrected chi connectivity index (χ0v) is 13.0. The van der Waals surface area contributed by atoms with Crippen LogP contribution in [-0.4, -0.2) is 28.6 Å². The second kappa shape index (κ2) is 6.55. The van der Waals surface area contributed by atoms with Crippen LogP contribution < -0.4 is 5.84 Å². The average Bonchev–Trinajstić information content (AvgIpc) is 2.92. The first-order valence-corrected chi connectivity index (χ1v) is 7.85. The standard InChI is InChI=1S/C10H13BrN4OS2/c1-16-5-4-9-13-14-10(15(9)12)17-6-7-2-3-8(11)18-7/h2-3H,4-6,12H2,1H3. The molecule has 0 bridgehead atoms. The Labute approximate surface area is 122 Å². The zero-order valence-electron chi connectivity index (χ0n) is 9.80. The van der Waals surface area contributed by atoms with Crippen molar-refractivity contribution in [1.29, 1.82) is 0 Å². The van der Waals surface area contributed by atoms with Crippen LogP contribution >= 0.6 is 39.0 Å². The number of nitrogen functional groups attached to an aromatic ring is 1. The van der Waals surface area contributed by atoms with Crippen LogP contribution in [0.2, 0.25) is 0 Å². The van der Waals surface area contributed by atoms with Crippen molar-refractivity contribution in [3.63, 3.8) is 0 Å². The molecule has 5 nitrogen and oxygen atoms in total. The molecule has 0 aromatic carbocycles. The molecule has 18 heavy (non-hydrogen) atoms. The van der Waals surface area contributed by atoms with Crippen LogP contribution in [0.5, 0.6) is 0 Å². The number of aromatic nitrogens is 3. The Morgan fingerprint density at radius 1 is 1.50 bits per heavy atom. The first-order chi connectivity index (χ1) is 8.70. The van der Waals surface area contributed by atoms with E-state index in [4.69, 9.17) is 10.6 Å². The zero-order chi connectivity index (χ0) is 13.0. The molecule has 0 radical (unpaired) electrons. The monoisotopic (exact) mass is 348 g/mol. The molecular weight excluding hydrogens is 336 g/mol. The van der Waals surface area contributed by atoms with Crippen LogP contribution in [0.15, 0.2) is 21.1 Å². The summed E-state index contributed by atoms with van der Waals surface area (Å²) in [5.41, 5.74) is 0. The molecule has 0 spiro atoms. The van der Waals surface area contributed by atoms with Crippen molar-refractivity contribution in [3.8, 4) is 0 Å². The number of thiophene rings is 1. The number of hydrogen-bond acceptors (Lipinski definition) is 6. The van der Waals surface area contributed by atoms with E-state index in [0.717, 1.165) is 20.5 Å². The first kappa shape index (κ1) is 13.9. The highest BCUT2D eigenvalue weighted by molar-refractivity contribution is 9.11. The second-order valence-electron chi connectivity index (χ2n) is 3.51. The fourth-order valence-electron chi connectivity index (χ4n) is 1.33. The second-order valence-corrected chi connectivity index (χ2v) is 7.00. The predicted octanol–water partition coefficient (Wildman–Crippen LogP) is 2.30. The van der Waals surface area contributed by atoms with Crippen molar-refractivity contribution in [1.82, 2.24) is 14.9 Å². The number of methoxy groups -OCH3 is 1. The van der Waals surface area contributed by atoms with E-state index in [1.807, 2.05) is 6.07 Å². The SMILES string of the molecule is COCCc1nnc(SCc2ccc(Br)s2)n1N. The Balaban J connectivity index is 1.95. The van der Waals surface area contributed by atoms with Gasteiger partial charge in [-0.1, -0.05) is 11.8 Å². The maximum absolute atomic E-state index is 5.92. The molecule has 2 N–H and O–H groups in total. The highest BCUT2D eigenvalue weighted by Crippen LogP contribution is 2.28. The number of nitrogens with zero attached hydrogens (tertiary/aromatic N) is 3. The quantitative estimate of drug-likeness (QED) is 0.640. The third-order valence-corrected chi connectivity index (χ3v) is 5.04. The molecule has 98 valence electrons. The molecule has 0 fully saturated rings. The van der Waals surface area contributed by atoms with E-state index in [9.17, 15) is 0 Å². The van der Waals surface area contributed by atoms with Gasteiger partial charge >= 0.3 is 0 Å². The minimum atomic E-state index is 0.595.